The van der Waals surface area contributed by atoms with Gasteiger partial charge in [-0.15, -0.1) is 0 Å². The Morgan fingerprint density at radius 2 is 2.17 bits per heavy atom. The van der Waals surface area contributed by atoms with Crippen LogP contribution in [0.1, 0.15) is 23.2 Å². The van der Waals surface area contributed by atoms with Crippen molar-refractivity contribution in [3.63, 3.8) is 0 Å². The molecule has 4 N–H and O–H groups in total. The van der Waals surface area contributed by atoms with E-state index in [4.69, 9.17) is 15.6 Å². The first kappa shape index (κ1) is 13.8. The third kappa shape index (κ3) is 3.97. The van der Waals surface area contributed by atoms with Crippen LogP contribution in [0, 0.1) is 0 Å². The summed E-state index contributed by atoms with van der Waals surface area (Å²) in [5.41, 5.74) is 6.05. The number of rotatable bonds is 6. The molecule has 0 aliphatic heterocycles. The Hall–Kier alpha value is -2.24. The zero-order valence-electron chi connectivity index (χ0n) is 10.1. The maximum Gasteiger partial charge on any atom is 0.335 e. The van der Waals surface area contributed by atoms with Crippen molar-refractivity contribution in [3.05, 3.63) is 23.8 Å². The van der Waals surface area contributed by atoms with Crippen LogP contribution in [0.15, 0.2) is 18.2 Å². The minimum atomic E-state index is -1.03. The van der Waals surface area contributed by atoms with E-state index < -0.39 is 5.97 Å². The minimum Gasteiger partial charge on any atom is -0.491 e. The van der Waals surface area contributed by atoms with Crippen LogP contribution >= 0.6 is 0 Å². The SMILES string of the molecule is CNC(=O)CCCOc1ccc(C(=O)O)cc1N. The first-order chi connectivity index (χ1) is 8.54. The highest BCUT2D eigenvalue weighted by Crippen LogP contribution is 2.22. The number of nitrogens with two attached hydrogens (primary N) is 1. The van der Waals surface area contributed by atoms with Crippen LogP contribution < -0.4 is 15.8 Å². The zero-order chi connectivity index (χ0) is 13.5. The maximum absolute atomic E-state index is 11.0. The fourth-order valence-electron chi connectivity index (χ4n) is 1.35. The number of nitrogen functional groups attached to an aromatic ring is 1. The molecule has 6 nitrogen and oxygen atoms in total. The second kappa shape index (κ2) is 6.48. The first-order valence-corrected chi connectivity index (χ1v) is 5.50. The lowest BCUT2D eigenvalue weighted by Gasteiger charge is -2.09. The number of anilines is 1. The average Bonchev–Trinajstić information content (AvgIpc) is 2.35. The molecule has 1 rings (SSSR count). The van der Waals surface area contributed by atoms with Gasteiger partial charge in [-0.25, -0.2) is 4.79 Å². The Morgan fingerprint density at radius 3 is 2.72 bits per heavy atom. The van der Waals surface area contributed by atoms with Crippen molar-refractivity contribution >= 4 is 17.6 Å². The molecule has 0 radical (unpaired) electrons. The molecule has 0 aliphatic rings. The van der Waals surface area contributed by atoms with Crippen LogP contribution in [0.4, 0.5) is 5.69 Å². The van der Waals surface area contributed by atoms with Crippen LogP contribution in [0.5, 0.6) is 5.75 Å². The number of carboxylic acids is 1. The molecule has 6 heteroatoms. The first-order valence-electron chi connectivity index (χ1n) is 5.50. The van der Waals surface area contributed by atoms with Gasteiger partial charge in [0.25, 0.3) is 0 Å². The largest absolute Gasteiger partial charge is 0.491 e. The Kier molecular flexibility index (Phi) is 4.98. The van der Waals surface area contributed by atoms with Crippen molar-refractivity contribution in [3.8, 4) is 5.75 Å². The Bertz CT molecular complexity index is 446. The predicted octanol–water partition coefficient (Wildman–Crippen LogP) is 0.872. The molecule has 0 spiro atoms. The van der Waals surface area contributed by atoms with E-state index in [0.717, 1.165) is 0 Å². The monoisotopic (exact) mass is 252 g/mol. The van der Waals surface area contributed by atoms with Crippen molar-refractivity contribution in [2.45, 2.75) is 12.8 Å². The molecule has 1 aromatic rings. The van der Waals surface area contributed by atoms with Crippen molar-refractivity contribution < 1.29 is 19.4 Å². The number of carbonyl (C=O) groups is 2. The van der Waals surface area contributed by atoms with E-state index in [-0.39, 0.29) is 17.2 Å². The summed E-state index contributed by atoms with van der Waals surface area (Å²) < 4.78 is 5.37. The molecule has 0 aromatic heterocycles. The van der Waals surface area contributed by atoms with Gasteiger partial charge < -0.3 is 20.9 Å². The van der Waals surface area contributed by atoms with Crippen LogP contribution in [0.25, 0.3) is 0 Å². The van der Waals surface area contributed by atoms with Crippen molar-refractivity contribution in [1.29, 1.82) is 0 Å². The average molecular weight is 252 g/mol. The van der Waals surface area contributed by atoms with Crippen LogP contribution in [0.3, 0.4) is 0 Å². The third-order valence-electron chi connectivity index (χ3n) is 2.34. The van der Waals surface area contributed by atoms with Crippen molar-refractivity contribution in [2.75, 3.05) is 19.4 Å². The molecule has 18 heavy (non-hydrogen) atoms. The van der Waals surface area contributed by atoms with Gasteiger partial charge in [0.2, 0.25) is 5.91 Å². The summed E-state index contributed by atoms with van der Waals surface area (Å²) in [6.07, 6.45) is 0.948. The highest BCUT2D eigenvalue weighted by molar-refractivity contribution is 5.89. The molecule has 0 fully saturated rings. The predicted molar refractivity (Wildman–Crippen MR) is 66.6 cm³/mol. The molecule has 0 unspecified atom stereocenters. The standard InChI is InChI=1S/C12H16N2O4/c1-14-11(15)3-2-6-18-10-5-4-8(12(16)17)7-9(10)13/h4-5,7H,2-3,6,13H2,1H3,(H,14,15)(H,16,17). The van der Waals surface area contributed by atoms with E-state index in [1.54, 1.807) is 7.05 Å². The summed E-state index contributed by atoms with van der Waals surface area (Å²) in [4.78, 5) is 21.6. The van der Waals surface area contributed by atoms with Gasteiger partial charge in [-0.05, 0) is 24.6 Å². The Labute approximate surface area is 105 Å². The maximum atomic E-state index is 11.0. The van der Waals surface area contributed by atoms with Crippen LogP contribution in [0.2, 0.25) is 0 Å². The van der Waals surface area contributed by atoms with Crippen molar-refractivity contribution in [1.82, 2.24) is 5.32 Å². The second-order valence-electron chi connectivity index (χ2n) is 3.68. The molecule has 0 aliphatic carbocycles. The van der Waals surface area contributed by atoms with Gasteiger partial charge in [-0.1, -0.05) is 0 Å². The number of ether oxygens (including phenoxy) is 1. The molecule has 98 valence electrons. The van der Waals surface area contributed by atoms with E-state index in [1.807, 2.05) is 0 Å². The molecule has 0 atom stereocenters. The highest BCUT2D eigenvalue weighted by Gasteiger charge is 2.07. The number of nitrogens with one attached hydrogen (secondary N) is 1. The molecule has 0 bridgehead atoms. The van der Waals surface area contributed by atoms with E-state index in [0.29, 0.717) is 25.2 Å². The van der Waals surface area contributed by atoms with Crippen molar-refractivity contribution in [2.24, 2.45) is 0 Å². The number of benzene rings is 1. The molecular weight excluding hydrogens is 236 g/mol. The Balaban J connectivity index is 2.48. The zero-order valence-corrected chi connectivity index (χ0v) is 10.1. The normalized spacial score (nSPS) is 9.83. The van der Waals surface area contributed by atoms with Gasteiger partial charge in [0.1, 0.15) is 5.75 Å². The lowest BCUT2D eigenvalue weighted by Crippen LogP contribution is -2.18. The molecule has 1 amide bonds. The molecule has 1 aromatic carbocycles. The molecule has 0 saturated carbocycles. The lowest BCUT2D eigenvalue weighted by atomic mass is 10.2. The number of carboxylic acid groups (broad SMARTS) is 1. The van der Waals surface area contributed by atoms with Gasteiger partial charge in [0.15, 0.2) is 0 Å². The third-order valence-corrected chi connectivity index (χ3v) is 2.34. The minimum absolute atomic E-state index is 0.0483. The molecule has 0 saturated heterocycles. The molecule has 0 heterocycles. The second-order valence-corrected chi connectivity index (χ2v) is 3.68. The van der Waals surface area contributed by atoms with E-state index >= 15 is 0 Å². The fourth-order valence-corrected chi connectivity index (χ4v) is 1.35. The summed E-state index contributed by atoms with van der Waals surface area (Å²) in [7, 11) is 1.58. The molecular formula is C12H16N2O4. The van der Waals surface area contributed by atoms with Gasteiger partial charge in [-0.2, -0.15) is 0 Å². The van der Waals surface area contributed by atoms with Crippen LogP contribution in [-0.2, 0) is 4.79 Å². The summed E-state index contributed by atoms with van der Waals surface area (Å²) >= 11 is 0. The van der Waals surface area contributed by atoms with Gasteiger partial charge >= 0.3 is 5.97 Å². The lowest BCUT2D eigenvalue weighted by molar-refractivity contribution is -0.120. The fraction of sp³-hybridized carbons (Fsp3) is 0.333. The van der Waals surface area contributed by atoms with Gasteiger partial charge in [0, 0.05) is 13.5 Å². The number of aromatic carboxylic acids is 1. The number of hydrogen-bond acceptors (Lipinski definition) is 4. The summed E-state index contributed by atoms with van der Waals surface area (Å²) in [6, 6.07) is 4.28. The summed E-state index contributed by atoms with van der Waals surface area (Å²) in [6.45, 7) is 0.351. The highest BCUT2D eigenvalue weighted by atomic mass is 16.5. The number of hydrogen-bond donors (Lipinski definition) is 3. The Morgan fingerprint density at radius 1 is 1.44 bits per heavy atom. The topological polar surface area (TPSA) is 102 Å². The summed E-state index contributed by atoms with van der Waals surface area (Å²) in [5.74, 6) is -0.655. The van der Waals surface area contributed by atoms with E-state index in [9.17, 15) is 9.59 Å². The van der Waals surface area contributed by atoms with Gasteiger partial charge in [0.05, 0.1) is 17.9 Å². The van der Waals surface area contributed by atoms with Crippen LogP contribution in [-0.4, -0.2) is 30.6 Å². The number of amides is 1. The van der Waals surface area contributed by atoms with E-state index in [2.05, 4.69) is 5.32 Å². The quantitative estimate of drug-likeness (QED) is 0.515. The van der Waals surface area contributed by atoms with E-state index in [1.165, 1.54) is 18.2 Å². The smallest absolute Gasteiger partial charge is 0.335 e. The van der Waals surface area contributed by atoms with Gasteiger partial charge in [-0.3, -0.25) is 4.79 Å². The number of carbonyl (C=O) groups excluding carboxylic acids is 1. The summed E-state index contributed by atoms with van der Waals surface area (Å²) in [5, 5.41) is 11.3.